The molecule has 0 heterocycles. The average Bonchev–Trinajstić information content (AvgIpc) is 2.44. The van der Waals surface area contributed by atoms with E-state index in [0.29, 0.717) is 6.54 Å². The topological polar surface area (TPSA) is 32.3 Å². The van der Waals surface area contributed by atoms with E-state index in [1.165, 1.54) is 18.4 Å². The van der Waals surface area contributed by atoms with Gasteiger partial charge in [0.05, 0.1) is 0 Å². The number of hydrogen-bond acceptors (Lipinski definition) is 2. The lowest BCUT2D eigenvalue weighted by molar-refractivity contribution is -0.121. The molecule has 1 amide bonds. The summed E-state index contributed by atoms with van der Waals surface area (Å²) in [5.74, 6) is 0.144. The van der Waals surface area contributed by atoms with Gasteiger partial charge in [0.1, 0.15) is 0 Å². The number of amides is 1. The van der Waals surface area contributed by atoms with Crippen molar-refractivity contribution in [2.45, 2.75) is 33.1 Å². The molecule has 1 unspecified atom stereocenters. The van der Waals surface area contributed by atoms with Crippen LogP contribution in [0.5, 0.6) is 0 Å². The molecular formula is C16H27ClN2O. The standard InChI is InChI=1S/C16H26N2O.ClH/c1-5-6-7-14-8-10-15(11-9-14)18(4)16(19)13(2)12-17-3;/h8-11,13,17H,5-7,12H2,1-4H3;1H. The Balaban J connectivity index is 0.00000361. The molecule has 4 heteroatoms. The van der Waals surface area contributed by atoms with Gasteiger partial charge >= 0.3 is 0 Å². The molecule has 0 aliphatic heterocycles. The molecule has 1 atom stereocenters. The Hall–Kier alpha value is -1.06. The van der Waals surface area contributed by atoms with E-state index in [1.54, 1.807) is 4.90 Å². The van der Waals surface area contributed by atoms with Crippen molar-refractivity contribution in [3.05, 3.63) is 29.8 Å². The highest BCUT2D eigenvalue weighted by molar-refractivity contribution is 5.94. The van der Waals surface area contributed by atoms with E-state index in [9.17, 15) is 4.79 Å². The molecule has 114 valence electrons. The van der Waals surface area contributed by atoms with Crippen molar-refractivity contribution in [1.29, 1.82) is 0 Å². The summed E-state index contributed by atoms with van der Waals surface area (Å²) in [5, 5.41) is 3.04. The number of unbranched alkanes of at least 4 members (excludes halogenated alkanes) is 1. The fourth-order valence-electron chi connectivity index (χ4n) is 2.12. The van der Waals surface area contributed by atoms with Crippen LogP contribution in [0.2, 0.25) is 0 Å². The number of carbonyl (C=O) groups excluding carboxylic acids is 1. The number of carbonyl (C=O) groups is 1. The number of aryl methyl sites for hydroxylation is 1. The quantitative estimate of drug-likeness (QED) is 0.838. The Morgan fingerprint density at radius 3 is 2.40 bits per heavy atom. The van der Waals surface area contributed by atoms with Gasteiger partial charge in [-0.2, -0.15) is 0 Å². The molecule has 0 fully saturated rings. The first-order chi connectivity index (χ1) is 9.10. The Kier molecular flexibility index (Phi) is 9.26. The maximum atomic E-state index is 12.2. The summed E-state index contributed by atoms with van der Waals surface area (Å²) < 4.78 is 0. The van der Waals surface area contributed by atoms with Crippen LogP contribution in [-0.4, -0.2) is 26.5 Å². The number of nitrogens with one attached hydrogen (secondary N) is 1. The lowest BCUT2D eigenvalue weighted by Gasteiger charge is -2.21. The van der Waals surface area contributed by atoms with Crippen molar-refractivity contribution in [2.24, 2.45) is 5.92 Å². The molecule has 1 aromatic carbocycles. The fourth-order valence-corrected chi connectivity index (χ4v) is 2.12. The van der Waals surface area contributed by atoms with E-state index < -0.39 is 0 Å². The second kappa shape index (κ2) is 9.78. The predicted molar refractivity (Wildman–Crippen MR) is 88.8 cm³/mol. The van der Waals surface area contributed by atoms with E-state index in [-0.39, 0.29) is 24.2 Å². The van der Waals surface area contributed by atoms with Crippen LogP contribution in [0.15, 0.2) is 24.3 Å². The van der Waals surface area contributed by atoms with Crippen LogP contribution >= 0.6 is 12.4 Å². The normalized spacial score (nSPS) is 11.6. The summed E-state index contributed by atoms with van der Waals surface area (Å²) in [6.45, 7) is 4.85. The number of halogens is 1. The first-order valence-electron chi connectivity index (χ1n) is 7.11. The first-order valence-corrected chi connectivity index (χ1v) is 7.11. The van der Waals surface area contributed by atoms with E-state index in [1.807, 2.05) is 33.2 Å². The van der Waals surface area contributed by atoms with Crippen molar-refractivity contribution in [3.8, 4) is 0 Å². The SMILES string of the molecule is CCCCc1ccc(N(C)C(=O)C(C)CNC)cc1.Cl. The lowest BCUT2D eigenvalue weighted by Crippen LogP contribution is -2.35. The lowest BCUT2D eigenvalue weighted by atomic mass is 10.1. The molecule has 20 heavy (non-hydrogen) atoms. The average molecular weight is 299 g/mol. The summed E-state index contributed by atoms with van der Waals surface area (Å²) in [6.07, 6.45) is 3.54. The highest BCUT2D eigenvalue weighted by atomic mass is 35.5. The van der Waals surface area contributed by atoms with E-state index >= 15 is 0 Å². The number of anilines is 1. The van der Waals surface area contributed by atoms with Crippen LogP contribution < -0.4 is 10.2 Å². The molecule has 3 nitrogen and oxygen atoms in total. The van der Waals surface area contributed by atoms with Crippen LogP contribution in [0.4, 0.5) is 5.69 Å². The predicted octanol–water partition coefficient (Wildman–Crippen LogP) is 3.27. The second-order valence-corrected chi connectivity index (χ2v) is 5.13. The van der Waals surface area contributed by atoms with Crippen LogP contribution in [0.1, 0.15) is 32.3 Å². The fraction of sp³-hybridized carbons (Fsp3) is 0.562. The summed E-state index contributed by atoms with van der Waals surface area (Å²) in [5.41, 5.74) is 2.31. The molecule has 0 aliphatic carbocycles. The molecular weight excluding hydrogens is 272 g/mol. The molecule has 0 spiro atoms. The number of rotatable bonds is 7. The van der Waals surface area contributed by atoms with Gasteiger partial charge in [0.25, 0.3) is 0 Å². The molecule has 0 bridgehead atoms. The van der Waals surface area contributed by atoms with E-state index in [0.717, 1.165) is 12.1 Å². The van der Waals surface area contributed by atoms with Gasteiger partial charge in [0, 0.05) is 25.2 Å². The summed E-state index contributed by atoms with van der Waals surface area (Å²) in [6, 6.07) is 8.32. The zero-order valence-electron chi connectivity index (χ0n) is 13.0. The van der Waals surface area contributed by atoms with Gasteiger partial charge in [-0.1, -0.05) is 32.4 Å². The van der Waals surface area contributed by atoms with Gasteiger partial charge < -0.3 is 10.2 Å². The molecule has 1 N–H and O–H groups in total. The van der Waals surface area contributed by atoms with Crippen molar-refractivity contribution in [1.82, 2.24) is 5.32 Å². The third kappa shape index (κ3) is 5.51. The molecule has 1 rings (SSSR count). The maximum absolute atomic E-state index is 12.2. The summed E-state index contributed by atoms with van der Waals surface area (Å²) in [4.78, 5) is 13.9. The maximum Gasteiger partial charge on any atom is 0.230 e. The van der Waals surface area contributed by atoms with Crippen molar-refractivity contribution in [2.75, 3.05) is 25.5 Å². The van der Waals surface area contributed by atoms with Gasteiger partial charge in [0.15, 0.2) is 0 Å². The highest BCUT2D eigenvalue weighted by Crippen LogP contribution is 2.17. The second-order valence-electron chi connectivity index (χ2n) is 5.13. The molecule has 0 aromatic heterocycles. The van der Waals surface area contributed by atoms with Crippen molar-refractivity contribution >= 4 is 24.0 Å². The largest absolute Gasteiger partial charge is 0.319 e. The van der Waals surface area contributed by atoms with Gasteiger partial charge in [-0.15, -0.1) is 12.4 Å². The minimum atomic E-state index is -0.00484. The highest BCUT2D eigenvalue weighted by Gasteiger charge is 2.17. The van der Waals surface area contributed by atoms with Crippen molar-refractivity contribution in [3.63, 3.8) is 0 Å². The number of nitrogens with zero attached hydrogens (tertiary/aromatic N) is 1. The van der Waals surface area contributed by atoms with Crippen LogP contribution in [0, 0.1) is 5.92 Å². The smallest absolute Gasteiger partial charge is 0.230 e. The molecule has 0 aliphatic rings. The Bertz CT molecular complexity index is 392. The van der Waals surface area contributed by atoms with Crippen LogP contribution in [-0.2, 0) is 11.2 Å². The number of hydrogen-bond donors (Lipinski definition) is 1. The number of benzene rings is 1. The summed E-state index contributed by atoms with van der Waals surface area (Å²) >= 11 is 0. The molecule has 0 saturated carbocycles. The molecule has 0 radical (unpaired) electrons. The zero-order chi connectivity index (χ0) is 14.3. The van der Waals surface area contributed by atoms with Gasteiger partial charge in [-0.05, 0) is 37.6 Å². The summed E-state index contributed by atoms with van der Waals surface area (Å²) in [7, 11) is 3.71. The van der Waals surface area contributed by atoms with Gasteiger partial charge in [-0.3, -0.25) is 4.79 Å². The minimum absolute atomic E-state index is 0. The third-order valence-corrected chi connectivity index (χ3v) is 3.41. The monoisotopic (exact) mass is 298 g/mol. The van der Waals surface area contributed by atoms with Crippen molar-refractivity contribution < 1.29 is 4.79 Å². The van der Waals surface area contributed by atoms with Gasteiger partial charge in [-0.25, -0.2) is 0 Å². The Labute approximate surface area is 129 Å². The van der Waals surface area contributed by atoms with Crippen LogP contribution in [0.25, 0.3) is 0 Å². The van der Waals surface area contributed by atoms with E-state index in [4.69, 9.17) is 0 Å². The Morgan fingerprint density at radius 1 is 1.30 bits per heavy atom. The van der Waals surface area contributed by atoms with Gasteiger partial charge in [0.2, 0.25) is 5.91 Å². The third-order valence-electron chi connectivity index (χ3n) is 3.41. The first kappa shape index (κ1) is 18.9. The minimum Gasteiger partial charge on any atom is -0.319 e. The molecule has 1 aromatic rings. The molecule has 0 saturated heterocycles. The zero-order valence-corrected chi connectivity index (χ0v) is 13.8. The Morgan fingerprint density at radius 2 is 1.90 bits per heavy atom. The van der Waals surface area contributed by atoms with E-state index in [2.05, 4.69) is 24.4 Å². The van der Waals surface area contributed by atoms with Crippen LogP contribution in [0.3, 0.4) is 0 Å².